The van der Waals surface area contributed by atoms with Gasteiger partial charge in [-0.2, -0.15) is 5.10 Å². The Hall–Kier alpha value is -1.69. The molecule has 1 N–H and O–H groups in total. The zero-order valence-electron chi connectivity index (χ0n) is 9.45. The Bertz CT molecular complexity index is 542. The summed E-state index contributed by atoms with van der Waals surface area (Å²) in [6.45, 7) is 0.0463. The van der Waals surface area contributed by atoms with E-state index >= 15 is 0 Å². The van der Waals surface area contributed by atoms with Gasteiger partial charge in [0.2, 0.25) is 0 Å². The van der Waals surface area contributed by atoms with Gasteiger partial charge >= 0.3 is 0 Å². The fraction of sp³-hybridized carbons (Fsp3) is 0.182. The van der Waals surface area contributed by atoms with Crippen LogP contribution >= 0.6 is 12.4 Å². The maximum absolute atomic E-state index is 13.4. The van der Waals surface area contributed by atoms with E-state index in [2.05, 4.69) is 10.4 Å². The van der Waals surface area contributed by atoms with Crippen LogP contribution in [0, 0.1) is 17.5 Å². The predicted molar refractivity (Wildman–Crippen MR) is 64.4 cm³/mol. The number of hydrogen-bond donors (Lipinski definition) is 1. The first-order chi connectivity index (χ1) is 8.11. The first-order valence-corrected chi connectivity index (χ1v) is 4.94. The molecule has 0 aliphatic carbocycles. The maximum Gasteiger partial charge on any atom is 0.194 e. The standard InChI is InChI=1S/C11H10F3N3.ClH/c1-15-8-4-16-17(6-8)5-7-2-3-9(12)11(14)10(7)13;/h2-4,6,15H,5H2,1H3;1H. The largest absolute Gasteiger partial charge is 0.386 e. The fourth-order valence-corrected chi connectivity index (χ4v) is 1.44. The molecule has 0 spiro atoms. The minimum atomic E-state index is -1.46. The Kier molecular flexibility index (Phi) is 4.61. The maximum atomic E-state index is 13.4. The molecular weight excluding hydrogens is 267 g/mol. The third-order valence-electron chi connectivity index (χ3n) is 2.37. The summed E-state index contributed by atoms with van der Waals surface area (Å²) in [6, 6.07) is 2.10. The lowest BCUT2D eigenvalue weighted by Gasteiger charge is -2.04. The first kappa shape index (κ1) is 14.4. The van der Waals surface area contributed by atoms with E-state index in [1.807, 2.05) is 0 Å². The molecule has 2 aromatic rings. The third kappa shape index (κ3) is 2.76. The zero-order valence-corrected chi connectivity index (χ0v) is 10.3. The monoisotopic (exact) mass is 277 g/mol. The molecule has 0 atom stereocenters. The van der Waals surface area contributed by atoms with E-state index in [0.717, 1.165) is 11.8 Å². The second kappa shape index (κ2) is 5.77. The predicted octanol–water partition coefficient (Wildman–Crippen LogP) is 2.81. The summed E-state index contributed by atoms with van der Waals surface area (Å²) in [5, 5.41) is 6.80. The Morgan fingerprint density at radius 3 is 2.56 bits per heavy atom. The van der Waals surface area contributed by atoms with Gasteiger partial charge in [0, 0.05) is 18.8 Å². The van der Waals surface area contributed by atoms with Crippen molar-refractivity contribution in [3.8, 4) is 0 Å². The van der Waals surface area contributed by atoms with E-state index in [-0.39, 0.29) is 24.5 Å². The van der Waals surface area contributed by atoms with Crippen molar-refractivity contribution in [3.63, 3.8) is 0 Å². The van der Waals surface area contributed by atoms with Crippen LogP contribution < -0.4 is 5.32 Å². The summed E-state index contributed by atoms with van der Waals surface area (Å²) in [7, 11) is 1.72. The van der Waals surface area contributed by atoms with Gasteiger partial charge in [-0.15, -0.1) is 12.4 Å². The van der Waals surface area contributed by atoms with Gasteiger partial charge in [-0.3, -0.25) is 4.68 Å². The van der Waals surface area contributed by atoms with Crippen molar-refractivity contribution in [1.82, 2.24) is 9.78 Å². The van der Waals surface area contributed by atoms with Crippen LogP contribution in [0.1, 0.15) is 5.56 Å². The summed E-state index contributed by atoms with van der Waals surface area (Å²) < 4.78 is 40.5. The van der Waals surface area contributed by atoms with Gasteiger partial charge in [0.1, 0.15) is 0 Å². The normalized spacial score (nSPS) is 10.0. The van der Waals surface area contributed by atoms with Crippen LogP contribution in [0.2, 0.25) is 0 Å². The molecule has 0 bridgehead atoms. The number of hydrogen-bond acceptors (Lipinski definition) is 2. The van der Waals surface area contributed by atoms with Crippen molar-refractivity contribution in [2.75, 3.05) is 12.4 Å². The fourth-order valence-electron chi connectivity index (χ4n) is 1.44. The molecule has 0 amide bonds. The number of rotatable bonds is 3. The highest BCUT2D eigenvalue weighted by atomic mass is 35.5. The Morgan fingerprint density at radius 2 is 1.94 bits per heavy atom. The minimum absolute atomic E-state index is 0. The quantitative estimate of drug-likeness (QED) is 0.875. The Labute approximate surface area is 108 Å². The second-order valence-corrected chi connectivity index (χ2v) is 3.51. The van der Waals surface area contributed by atoms with Gasteiger partial charge in [-0.1, -0.05) is 6.07 Å². The molecule has 0 saturated carbocycles. The number of nitrogens with one attached hydrogen (secondary N) is 1. The van der Waals surface area contributed by atoms with E-state index in [0.29, 0.717) is 0 Å². The van der Waals surface area contributed by atoms with Crippen molar-refractivity contribution in [2.24, 2.45) is 0 Å². The first-order valence-electron chi connectivity index (χ1n) is 4.94. The highest BCUT2D eigenvalue weighted by molar-refractivity contribution is 5.85. The van der Waals surface area contributed by atoms with E-state index in [1.54, 1.807) is 19.4 Å². The molecule has 0 saturated heterocycles. The number of benzene rings is 1. The van der Waals surface area contributed by atoms with E-state index in [9.17, 15) is 13.2 Å². The topological polar surface area (TPSA) is 29.9 Å². The molecule has 1 heterocycles. The molecule has 1 aromatic heterocycles. The van der Waals surface area contributed by atoms with Gasteiger partial charge in [0.15, 0.2) is 17.5 Å². The van der Waals surface area contributed by atoms with Crippen LogP contribution in [0.25, 0.3) is 0 Å². The highest BCUT2D eigenvalue weighted by Gasteiger charge is 2.13. The van der Waals surface area contributed by atoms with Crippen molar-refractivity contribution >= 4 is 18.1 Å². The smallest absolute Gasteiger partial charge is 0.194 e. The van der Waals surface area contributed by atoms with E-state index < -0.39 is 17.5 Å². The van der Waals surface area contributed by atoms with Gasteiger partial charge in [-0.05, 0) is 6.07 Å². The molecule has 1 aromatic carbocycles. The Balaban J connectivity index is 0.00000162. The van der Waals surface area contributed by atoms with Crippen LogP contribution in [-0.4, -0.2) is 16.8 Å². The molecule has 0 fully saturated rings. The number of nitrogens with zero attached hydrogens (tertiary/aromatic N) is 2. The van der Waals surface area contributed by atoms with Gasteiger partial charge in [-0.25, -0.2) is 13.2 Å². The van der Waals surface area contributed by atoms with Crippen LogP contribution in [0.15, 0.2) is 24.5 Å². The van der Waals surface area contributed by atoms with E-state index in [4.69, 9.17) is 0 Å². The van der Waals surface area contributed by atoms with Crippen molar-refractivity contribution in [3.05, 3.63) is 47.5 Å². The molecule has 3 nitrogen and oxygen atoms in total. The molecule has 0 radical (unpaired) electrons. The number of aromatic nitrogens is 2. The lowest BCUT2D eigenvalue weighted by atomic mass is 10.2. The lowest BCUT2D eigenvalue weighted by Crippen LogP contribution is -2.05. The van der Waals surface area contributed by atoms with Gasteiger partial charge in [0.25, 0.3) is 0 Å². The summed E-state index contributed by atoms with van der Waals surface area (Å²) in [5.41, 5.74) is 0.808. The highest BCUT2D eigenvalue weighted by Crippen LogP contribution is 2.16. The summed E-state index contributed by atoms with van der Waals surface area (Å²) in [4.78, 5) is 0. The second-order valence-electron chi connectivity index (χ2n) is 3.51. The van der Waals surface area contributed by atoms with Crippen LogP contribution in [0.4, 0.5) is 18.9 Å². The molecule has 98 valence electrons. The van der Waals surface area contributed by atoms with Crippen LogP contribution in [-0.2, 0) is 6.54 Å². The third-order valence-corrected chi connectivity index (χ3v) is 2.37. The average molecular weight is 278 g/mol. The van der Waals surface area contributed by atoms with Gasteiger partial charge < -0.3 is 5.32 Å². The minimum Gasteiger partial charge on any atom is -0.386 e. The summed E-state index contributed by atoms with van der Waals surface area (Å²) in [5.74, 6) is -3.82. The Morgan fingerprint density at radius 1 is 1.22 bits per heavy atom. The molecule has 18 heavy (non-hydrogen) atoms. The molecule has 7 heteroatoms. The molecule has 0 unspecified atom stereocenters. The lowest BCUT2D eigenvalue weighted by molar-refractivity contribution is 0.437. The summed E-state index contributed by atoms with van der Waals surface area (Å²) >= 11 is 0. The van der Waals surface area contributed by atoms with Gasteiger partial charge in [0.05, 0.1) is 18.4 Å². The number of halogens is 4. The van der Waals surface area contributed by atoms with Crippen molar-refractivity contribution < 1.29 is 13.2 Å². The molecule has 0 aliphatic rings. The van der Waals surface area contributed by atoms with Crippen molar-refractivity contribution in [1.29, 1.82) is 0 Å². The van der Waals surface area contributed by atoms with Crippen LogP contribution in [0.3, 0.4) is 0 Å². The zero-order chi connectivity index (χ0) is 12.4. The average Bonchev–Trinajstić information content (AvgIpc) is 2.78. The molecule has 2 rings (SSSR count). The molecule has 0 aliphatic heterocycles. The van der Waals surface area contributed by atoms with E-state index in [1.165, 1.54) is 10.7 Å². The summed E-state index contributed by atoms with van der Waals surface area (Å²) in [6.07, 6.45) is 3.19. The van der Waals surface area contributed by atoms with Crippen molar-refractivity contribution in [2.45, 2.75) is 6.54 Å². The SMILES string of the molecule is CNc1cnn(Cc2ccc(F)c(F)c2F)c1.Cl. The number of anilines is 1. The molecular formula is C11H11ClF3N3. The van der Waals surface area contributed by atoms with Crippen LogP contribution in [0.5, 0.6) is 0 Å².